The summed E-state index contributed by atoms with van der Waals surface area (Å²) in [5, 5.41) is 8.87. The normalized spacial score (nSPS) is 10.8. The molecule has 12 heavy (non-hydrogen) atoms. The summed E-state index contributed by atoms with van der Waals surface area (Å²) >= 11 is 3.38. The van der Waals surface area contributed by atoms with E-state index in [1.165, 1.54) is 0 Å². The van der Waals surface area contributed by atoms with Crippen molar-refractivity contribution in [1.29, 1.82) is 5.26 Å². The maximum absolute atomic E-state index is 8.87. The average molecular weight is 225 g/mol. The molecule has 2 nitrogen and oxygen atoms in total. The molecule has 0 saturated heterocycles. The highest BCUT2D eigenvalue weighted by Gasteiger charge is 2.22. The minimum atomic E-state index is -0.479. The van der Waals surface area contributed by atoms with Crippen LogP contribution >= 0.6 is 15.9 Å². The molecule has 0 unspecified atom stereocenters. The molecular weight excluding hydrogens is 216 g/mol. The number of aromatic nitrogens is 1. The van der Waals surface area contributed by atoms with Crippen LogP contribution in [0.15, 0.2) is 22.9 Å². The van der Waals surface area contributed by atoms with E-state index in [4.69, 9.17) is 5.26 Å². The van der Waals surface area contributed by atoms with Crippen molar-refractivity contribution < 1.29 is 0 Å². The predicted molar refractivity (Wildman–Crippen MR) is 50.6 cm³/mol. The zero-order valence-corrected chi connectivity index (χ0v) is 8.59. The largest absolute Gasteiger partial charge is 0.264 e. The molecular formula is C9H9BrN2. The molecule has 0 saturated carbocycles. The van der Waals surface area contributed by atoms with Crippen molar-refractivity contribution in [3.05, 3.63) is 28.5 Å². The second-order valence-corrected chi connectivity index (χ2v) is 3.95. The number of hydrogen-bond acceptors (Lipinski definition) is 2. The summed E-state index contributed by atoms with van der Waals surface area (Å²) in [4.78, 5) is 3.98. The van der Waals surface area contributed by atoms with Crippen LogP contribution in [-0.4, -0.2) is 4.98 Å². The molecule has 0 aliphatic rings. The van der Waals surface area contributed by atoms with Gasteiger partial charge in [-0.2, -0.15) is 5.26 Å². The van der Waals surface area contributed by atoms with E-state index < -0.39 is 5.41 Å². The maximum atomic E-state index is 8.87. The van der Waals surface area contributed by atoms with Crippen molar-refractivity contribution in [1.82, 2.24) is 4.98 Å². The summed E-state index contributed by atoms with van der Waals surface area (Å²) in [6.45, 7) is 3.74. The van der Waals surface area contributed by atoms with Gasteiger partial charge in [-0.25, -0.2) is 0 Å². The SMILES string of the molecule is CC(C)(C#N)c1cnccc1Br. The van der Waals surface area contributed by atoms with E-state index in [0.717, 1.165) is 10.0 Å². The first-order valence-electron chi connectivity index (χ1n) is 3.59. The fraction of sp³-hybridized carbons (Fsp3) is 0.333. The Hall–Kier alpha value is -0.880. The molecule has 0 amide bonds. The number of nitrogens with zero attached hydrogens (tertiary/aromatic N) is 2. The molecule has 0 bridgehead atoms. The topological polar surface area (TPSA) is 36.7 Å². The van der Waals surface area contributed by atoms with E-state index in [9.17, 15) is 0 Å². The van der Waals surface area contributed by atoms with E-state index in [1.807, 2.05) is 19.9 Å². The third-order valence-corrected chi connectivity index (χ3v) is 2.41. The lowest BCUT2D eigenvalue weighted by molar-refractivity contribution is 0.679. The van der Waals surface area contributed by atoms with Crippen molar-refractivity contribution in [2.45, 2.75) is 19.3 Å². The highest BCUT2D eigenvalue weighted by Crippen LogP contribution is 2.28. The Morgan fingerprint density at radius 3 is 2.75 bits per heavy atom. The quantitative estimate of drug-likeness (QED) is 0.736. The van der Waals surface area contributed by atoms with Crippen LogP contribution in [0.5, 0.6) is 0 Å². The number of rotatable bonds is 1. The first-order chi connectivity index (χ1) is 5.58. The van der Waals surface area contributed by atoms with Gasteiger partial charge in [0, 0.05) is 22.4 Å². The predicted octanol–water partition coefficient (Wildman–Crippen LogP) is 2.65. The molecule has 0 aliphatic heterocycles. The smallest absolute Gasteiger partial charge is 0.0792 e. The van der Waals surface area contributed by atoms with E-state index in [0.29, 0.717) is 0 Å². The lowest BCUT2D eigenvalue weighted by atomic mass is 9.88. The van der Waals surface area contributed by atoms with Gasteiger partial charge in [-0.3, -0.25) is 4.98 Å². The molecule has 1 rings (SSSR count). The Balaban J connectivity index is 3.22. The Kier molecular flexibility index (Phi) is 2.49. The number of halogens is 1. The van der Waals surface area contributed by atoms with Crippen molar-refractivity contribution in [2.75, 3.05) is 0 Å². The maximum Gasteiger partial charge on any atom is 0.0792 e. The zero-order chi connectivity index (χ0) is 9.19. The van der Waals surface area contributed by atoms with Gasteiger partial charge in [0.2, 0.25) is 0 Å². The van der Waals surface area contributed by atoms with Gasteiger partial charge in [0.15, 0.2) is 0 Å². The third-order valence-electron chi connectivity index (χ3n) is 1.72. The Bertz CT molecular complexity index is 326. The molecule has 0 atom stereocenters. The standard InChI is InChI=1S/C9H9BrN2/c1-9(2,6-11)7-5-12-4-3-8(7)10/h3-5H,1-2H3. The Morgan fingerprint density at radius 1 is 1.58 bits per heavy atom. The summed E-state index contributed by atoms with van der Waals surface area (Å²) < 4.78 is 0.934. The van der Waals surface area contributed by atoms with Gasteiger partial charge >= 0.3 is 0 Å². The van der Waals surface area contributed by atoms with E-state index in [-0.39, 0.29) is 0 Å². The molecule has 0 N–H and O–H groups in total. The van der Waals surface area contributed by atoms with E-state index in [1.54, 1.807) is 12.4 Å². The molecule has 1 aromatic heterocycles. The Morgan fingerprint density at radius 2 is 2.25 bits per heavy atom. The van der Waals surface area contributed by atoms with Crippen LogP contribution < -0.4 is 0 Å². The zero-order valence-electron chi connectivity index (χ0n) is 7.00. The van der Waals surface area contributed by atoms with Crippen LogP contribution in [0.25, 0.3) is 0 Å². The summed E-state index contributed by atoms with van der Waals surface area (Å²) in [5.74, 6) is 0. The van der Waals surface area contributed by atoms with Crippen molar-refractivity contribution >= 4 is 15.9 Å². The highest BCUT2D eigenvalue weighted by molar-refractivity contribution is 9.10. The first kappa shape index (κ1) is 9.21. The second-order valence-electron chi connectivity index (χ2n) is 3.09. The van der Waals surface area contributed by atoms with Crippen molar-refractivity contribution in [3.63, 3.8) is 0 Å². The minimum Gasteiger partial charge on any atom is -0.264 e. The van der Waals surface area contributed by atoms with Crippen LogP contribution in [0.4, 0.5) is 0 Å². The molecule has 1 heterocycles. The van der Waals surface area contributed by atoms with Gasteiger partial charge in [-0.1, -0.05) is 15.9 Å². The fourth-order valence-corrected chi connectivity index (χ4v) is 1.61. The van der Waals surface area contributed by atoms with Crippen molar-refractivity contribution in [3.8, 4) is 6.07 Å². The van der Waals surface area contributed by atoms with Crippen LogP contribution in [0.2, 0.25) is 0 Å². The van der Waals surface area contributed by atoms with Gasteiger partial charge < -0.3 is 0 Å². The fourth-order valence-electron chi connectivity index (χ4n) is 0.898. The molecule has 3 heteroatoms. The molecule has 62 valence electrons. The summed E-state index contributed by atoms with van der Waals surface area (Å²) in [6.07, 6.45) is 3.41. The van der Waals surface area contributed by atoms with Crippen LogP contribution in [-0.2, 0) is 5.41 Å². The lowest BCUT2D eigenvalue weighted by Crippen LogP contribution is -2.14. The lowest BCUT2D eigenvalue weighted by Gasteiger charge is -2.16. The van der Waals surface area contributed by atoms with Gasteiger partial charge in [0.25, 0.3) is 0 Å². The minimum absolute atomic E-state index is 0.479. The number of nitriles is 1. The molecule has 0 aliphatic carbocycles. The summed E-state index contributed by atoms with van der Waals surface area (Å²) in [7, 11) is 0. The van der Waals surface area contributed by atoms with Gasteiger partial charge in [0.1, 0.15) is 0 Å². The number of pyridine rings is 1. The van der Waals surface area contributed by atoms with Gasteiger partial charge in [-0.15, -0.1) is 0 Å². The average Bonchev–Trinajstić information content (AvgIpc) is 2.05. The molecule has 0 radical (unpaired) electrons. The van der Waals surface area contributed by atoms with Crippen molar-refractivity contribution in [2.24, 2.45) is 0 Å². The third kappa shape index (κ3) is 1.64. The summed E-state index contributed by atoms with van der Waals surface area (Å²) in [5.41, 5.74) is 0.445. The number of hydrogen-bond donors (Lipinski definition) is 0. The van der Waals surface area contributed by atoms with Crippen LogP contribution in [0.3, 0.4) is 0 Å². The first-order valence-corrected chi connectivity index (χ1v) is 4.38. The van der Waals surface area contributed by atoms with E-state index >= 15 is 0 Å². The second kappa shape index (κ2) is 3.24. The molecule has 0 fully saturated rings. The Labute approximate surface area is 80.4 Å². The molecule has 0 aromatic carbocycles. The van der Waals surface area contributed by atoms with Gasteiger partial charge in [-0.05, 0) is 19.9 Å². The monoisotopic (exact) mass is 224 g/mol. The molecule has 1 aromatic rings. The van der Waals surface area contributed by atoms with E-state index in [2.05, 4.69) is 27.0 Å². The van der Waals surface area contributed by atoms with Crippen LogP contribution in [0.1, 0.15) is 19.4 Å². The summed E-state index contributed by atoms with van der Waals surface area (Å²) in [6, 6.07) is 4.07. The highest BCUT2D eigenvalue weighted by atomic mass is 79.9. The molecule has 0 spiro atoms. The van der Waals surface area contributed by atoms with Gasteiger partial charge in [0.05, 0.1) is 11.5 Å². The van der Waals surface area contributed by atoms with Crippen LogP contribution in [0, 0.1) is 11.3 Å².